The molecule has 1 aromatic rings. The molecule has 0 aliphatic heterocycles. The Bertz CT molecular complexity index is 644. The van der Waals surface area contributed by atoms with Crippen LogP contribution in [0.1, 0.15) is 44.1 Å². The van der Waals surface area contributed by atoms with Gasteiger partial charge in [0.1, 0.15) is 6.61 Å². The van der Waals surface area contributed by atoms with Crippen molar-refractivity contribution in [2.45, 2.75) is 50.7 Å². The zero-order valence-corrected chi connectivity index (χ0v) is 14.4. The van der Waals surface area contributed by atoms with Crippen LogP contribution in [0.4, 0.5) is 0 Å². The Kier molecular flexibility index (Phi) is 3.67. The lowest BCUT2D eigenvalue weighted by Gasteiger charge is -2.58. The van der Waals surface area contributed by atoms with Crippen LogP contribution in [0.25, 0.3) is 0 Å². The first-order chi connectivity index (χ1) is 10.9. The molecule has 4 bridgehead atoms. The summed E-state index contributed by atoms with van der Waals surface area (Å²) in [5, 5.41) is 11.7. The maximum absolute atomic E-state index is 12.8. The third-order valence-corrected chi connectivity index (χ3v) is 6.56. The molecule has 1 aromatic carbocycles. The molecule has 0 spiro atoms. The average Bonchev–Trinajstić information content (AvgIpc) is 2.45. The molecular weight excluding hydrogens is 335 g/mol. The van der Waals surface area contributed by atoms with E-state index in [0.29, 0.717) is 28.3 Å². The number of hydrogen-bond donors (Lipinski definition) is 1. The van der Waals surface area contributed by atoms with Crippen LogP contribution in [0.15, 0.2) is 18.2 Å². The number of benzene rings is 1. The van der Waals surface area contributed by atoms with Gasteiger partial charge in [-0.05, 0) is 68.1 Å². The van der Waals surface area contributed by atoms with Crippen molar-refractivity contribution < 1.29 is 14.6 Å². The van der Waals surface area contributed by atoms with E-state index in [9.17, 15) is 9.90 Å². The van der Waals surface area contributed by atoms with Crippen LogP contribution in [-0.2, 0) is 16.1 Å². The van der Waals surface area contributed by atoms with Crippen LogP contribution in [0.2, 0.25) is 10.0 Å². The smallest absolute Gasteiger partial charge is 0.312 e. The Morgan fingerprint density at radius 2 is 1.87 bits per heavy atom. The topological polar surface area (TPSA) is 46.5 Å². The molecule has 0 aromatic heterocycles. The van der Waals surface area contributed by atoms with Gasteiger partial charge < -0.3 is 9.84 Å². The molecule has 0 amide bonds. The molecule has 124 valence electrons. The minimum atomic E-state index is -0.646. The van der Waals surface area contributed by atoms with Crippen molar-refractivity contribution in [3.05, 3.63) is 33.8 Å². The molecule has 5 rings (SSSR count). The maximum atomic E-state index is 12.8. The number of esters is 1. The highest BCUT2D eigenvalue weighted by atomic mass is 35.5. The monoisotopic (exact) mass is 354 g/mol. The van der Waals surface area contributed by atoms with Gasteiger partial charge in [-0.1, -0.05) is 29.3 Å². The summed E-state index contributed by atoms with van der Waals surface area (Å²) >= 11 is 11.9. The van der Waals surface area contributed by atoms with Gasteiger partial charge in [0.15, 0.2) is 0 Å². The molecule has 4 aliphatic carbocycles. The summed E-state index contributed by atoms with van der Waals surface area (Å²) in [7, 11) is 0. The largest absolute Gasteiger partial charge is 0.460 e. The predicted octanol–water partition coefficient (Wildman–Crippen LogP) is 4.37. The summed E-state index contributed by atoms with van der Waals surface area (Å²) in [6, 6.07) is 5.25. The van der Waals surface area contributed by atoms with Gasteiger partial charge in [-0.2, -0.15) is 0 Å². The van der Waals surface area contributed by atoms with Crippen LogP contribution in [-0.4, -0.2) is 16.7 Å². The average molecular weight is 355 g/mol. The minimum Gasteiger partial charge on any atom is -0.460 e. The van der Waals surface area contributed by atoms with Crippen LogP contribution in [0.5, 0.6) is 0 Å². The third-order valence-electron chi connectivity index (χ3n) is 5.82. The van der Waals surface area contributed by atoms with Crippen molar-refractivity contribution in [3.63, 3.8) is 0 Å². The molecule has 0 heterocycles. The Balaban J connectivity index is 1.47. The van der Waals surface area contributed by atoms with E-state index in [2.05, 4.69) is 0 Å². The van der Waals surface area contributed by atoms with Crippen molar-refractivity contribution in [3.8, 4) is 0 Å². The number of carbonyl (C=O) groups excluding carboxylic acids is 1. The summed E-state index contributed by atoms with van der Waals surface area (Å²) in [4.78, 5) is 12.8. The molecule has 2 unspecified atom stereocenters. The van der Waals surface area contributed by atoms with Crippen LogP contribution in [0, 0.1) is 17.3 Å². The van der Waals surface area contributed by atoms with E-state index in [0.717, 1.165) is 37.7 Å². The highest BCUT2D eigenvalue weighted by Crippen LogP contribution is 2.62. The number of carbonyl (C=O) groups is 1. The van der Waals surface area contributed by atoms with Gasteiger partial charge in [-0.3, -0.25) is 4.79 Å². The van der Waals surface area contributed by atoms with Crippen molar-refractivity contribution >= 4 is 29.2 Å². The van der Waals surface area contributed by atoms with Gasteiger partial charge in [0, 0.05) is 0 Å². The molecule has 3 nitrogen and oxygen atoms in total. The van der Waals surface area contributed by atoms with Crippen LogP contribution in [0.3, 0.4) is 0 Å². The van der Waals surface area contributed by atoms with Crippen LogP contribution < -0.4 is 0 Å². The van der Waals surface area contributed by atoms with E-state index in [1.807, 2.05) is 6.07 Å². The Morgan fingerprint density at radius 1 is 1.17 bits per heavy atom. The van der Waals surface area contributed by atoms with E-state index in [-0.39, 0.29) is 12.6 Å². The first-order valence-corrected chi connectivity index (χ1v) is 8.97. The lowest BCUT2D eigenvalue weighted by atomic mass is 9.48. The number of halogens is 2. The summed E-state index contributed by atoms with van der Waals surface area (Å²) in [5.41, 5.74) is -0.293. The van der Waals surface area contributed by atoms with Gasteiger partial charge in [0.2, 0.25) is 0 Å². The summed E-state index contributed by atoms with van der Waals surface area (Å²) in [5.74, 6) is 0.786. The van der Waals surface area contributed by atoms with Crippen molar-refractivity contribution in [2.24, 2.45) is 17.3 Å². The third kappa shape index (κ3) is 2.77. The Hall–Kier alpha value is -0.770. The van der Waals surface area contributed by atoms with Crippen molar-refractivity contribution in [2.75, 3.05) is 0 Å². The van der Waals surface area contributed by atoms with Crippen LogP contribution >= 0.6 is 23.2 Å². The Labute approximate surface area is 145 Å². The van der Waals surface area contributed by atoms with Crippen molar-refractivity contribution in [1.29, 1.82) is 0 Å². The molecule has 4 aliphatic rings. The lowest BCUT2D eigenvalue weighted by molar-refractivity contribution is -0.197. The summed E-state index contributed by atoms with van der Waals surface area (Å²) in [6.07, 6.45) is 5.16. The van der Waals surface area contributed by atoms with Gasteiger partial charge in [-0.15, -0.1) is 0 Å². The van der Waals surface area contributed by atoms with E-state index in [4.69, 9.17) is 27.9 Å². The molecule has 4 saturated carbocycles. The van der Waals surface area contributed by atoms with Gasteiger partial charge in [0.25, 0.3) is 0 Å². The molecule has 0 radical (unpaired) electrons. The molecule has 1 N–H and O–H groups in total. The fraction of sp³-hybridized carbons (Fsp3) is 0.611. The maximum Gasteiger partial charge on any atom is 0.312 e. The van der Waals surface area contributed by atoms with E-state index < -0.39 is 11.0 Å². The molecule has 23 heavy (non-hydrogen) atoms. The zero-order valence-electron chi connectivity index (χ0n) is 12.9. The first kappa shape index (κ1) is 15.7. The number of ether oxygens (including phenoxy) is 1. The molecule has 4 fully saturated rings. The minimum absolute atomic E-state index is 0.156. The Morgan fingerprint density at radius 3 is 2.48 bits per heavy atom. The molecular formula is C18H20Cl2O3. The van der Waals surface area contributed by atoms with Gasteiger partial charge in [-0.25, -0.2) is 0 Å². The number of aliphatic hydroxyl groups is 1. The fourth-order valence-electron chi connectivity index (χ4n) is 5.38. The lowest BCUT2D eigenvalue weighted by Crippen LogP contribution is -2.58. The number of hydrogen-bond acceptors (Lipinski definition) is 3. The fourth-order valence-corrected chi connectivity index (χ4v) is 5.71. The first-order valence-electron chi connectivity index (χ1n) is 8.21. The second-order valence-corrected chi connectivity index (χ2v) is 8.60. The highest BCUT2D eigenvalue weighted by Gasteiger charge is 2.60. The molecule has 4 atom stereocenters. The predicted molar refractivity (Wildman–Crippen MR) is 88.3 cm³/mol. The quantitative estimate of drug-likeness (QED) is 0.819. The highest BCUT2D eigenvalue weighted by molar-refractivity contribution is 6.42. The summed E-state index contributed by atoms with van der Waals surface area (Å²) < 4.78 is 5.60. The second-order valence-electron chi connectivity index (χ2n) is 7.79. The second kappa shape index (κ2) is 5.37. The van der Waals surface area contributed by atoms with Gasteiger partial charge in [0.05, 0.1) is 21.1 Å². The summed E-state index contributed by atoms with van der Waals surface area (Å²) in [6.45, 7) is 0.200. The van der Waals surface area contributed by atoms with E-state index in [1.54, 1.807) is 12.1 Å². The van der Waals surface area contributed by atoms with E-state index >= 15 is 0 Å². The normalized spacial score (nSPS) is 37.9. The molecule has 0 saturated heterocycles. The standard InChI is InChI=1S/C18H20Cl2O3/c19-14-2-1-11(4-15(14)20)9-23-16(21)17-5-12-3-13(6-17)8-18(22,7-12)10-17/h1-2,4,12-13,22H,3,5-10H2/t12-,13+,17?,18?. The van der Waals surface area contributed by atoms with E-state index in [1.165, 1.54) is 0 Å². The SMILES string of the molecule is O=C(OCc1ccc(Cl)c(Cl)c1)C12C[C@@H]3C[C@@H](CC(O)(C3)C1)C2. The van der Waals surface area contributed by atoms with Gasteiger partial charge >= 0.3 is 5.97 Å². The molecule has 5 heteroatoms. The zero-order chi connectivity index (χ0) is 16.2. The van der Waals surface area contributed by atoms with Crippen molar-refractivity contribution in [1.82, 2.24) is 0 Å². The number of rotatable bonds is 3.